The smallest absolute Gasteiger partial charge is 0.243 e. The number of para-hydroxylation sites is 1. The van der Waals surface area contributed by atoms with Crippen molar-refractivity contribution in [1.29, 1.82) is 0 Å². The van der Waals surface area contributed by atoms with Gasteiger partial charge >= 0.3 is 0 Å². The van der Waals surface area contributed by atoms with Crippen molar-refractivity contribution < 1.29 is 14.3 Å². The molecule has 0 fully saturated rings. The van der Waals surface area contributed by atoms with Crippen LogP contribution in [0.4, 0.5) is 5.69 Å². The molecule has 0 unspecified atom stereocenters. The summed E-state index contributed by atoms with van der Waals surface area (Å²) in [5, 5.41) is 2.89. The Labute approximate surface area is 125 Å². The summed E-state index contributed by atoms with van der Waals surface area (Å²) in [4.78, 5) is 25.8. The van der Waals surface area contributed by atoms with Gasteiger partial charge in [-0.2, -0.15) is 0 Å². The number of carbonyl (C=O) groups is 2. The zero-order valence-electron chi connectivity index (χ0n) is 12.6. The minimum atomic E-state index is -0.438. The van der Waals surface area contributed by atoms with Gasteiger partial charge in [0.15, 0.2) is 0 Å². The second-order valence-electron chi connectivity index (χ2n) is 5.08. The van der Waals surface area contributed by atoms with Gasteiger partial charge < -0.3 is 10.1 Å². The molecule has 1 N–H and O–H groups in total. The van der Waals surface area contributed by atoms with E-state index in [0.717, 1.165) is 17.7 Å². The largest absolute Gasteiger partial charge is 0.382 e. The van der Waals surface area contributed by atoms with Gasteiger partial charge in [0.05, 0.1) is 0 Å². The van der Waals surface area contributed by atoms with Crippen molar-refractivity contribution in [2.45, 2.75) is 32.7 Å². The molecule has 2 amide bonds. The van der Waals surface area contributed by atoms with E-state index in [-0.39, 0.29) is 11.8 Å². The molecule has 1 aliphatic heterocycles. The molecule has 0 radical (unpaired) electrons. The lowest BCUT2D eigenvalue weighted by Gasteiger charge is -2.23. The molecule has 1 aromatic rings. The maximum Gasteiger partial charge on any atom is 0.243 e. The fraction of sp³-hybridized carbons (Fsp3) is 0.500. The van der Waals surface area contributed by atoms with Gasteiger partial charge in [-0.15, -0.1) is 0 Å². The number of nitrogens with zero attached hydrogens (tertiary/aromatic N) is 1. The third-order valence-electron chi connectivity index (χ3n) is 3.59. The molecule has 1 heterocycles. The summed E-state index contributed by atoms with van der Waals surface area (Å²) in [5.74, 6) is -0.202. The number of fused-ring (bicyclic) bond motifs is 1. The topological polar surface area (TPSA) is 58.6 Å². The standard InChI is InChI=1S/C16H22N2O3/c1-3-21-10-6-9-17-16(20)15-11-13-7-4-5-8-14(13)18(15)12(2)19/h4-5,7-8,15H,3,6,9-11H2,1-2H3,(H,17,20)/t15-/m1/s1. The van der Waals surface area contributed by atoms with Gasteiger partial charge in [-0.3, -0.25) is 14.5 Å². The zero-order valence-corrected chi connectivity index (χ0v) is 12.6. The first kappa shape index (κ1) is 15.5. The highest BCUT2D eigenvalue weighted by atomic mass is 16.5. The van der Waals surface area contributed by atoms with E-state index >= 15 is 0 Å². The molecule has 0 saturated carbocycles. The Bertz CT molecular complexity index is 516. The Morgan fingerprint density at radius 1 is 1.38 bits per heavy atom. The number of rotatable bonds is 6. The van der Waals surface area contributed by atoms with Crippen molar-refractivity contribution in [1.82, 2.24) is 5.32 Å². The summed E-state index contributed by atoms with van der Waals surface area (Å²) in [7, 11) is 0. The first-order chi connectivity index (χ1) is 10.1. The Kier molecular flexibility index (Phi) is 5.33. The summed E-state index contributed by atoms with van der Waals surface area (Å²) in [6.45, 7) is 5.33. The number of benzene rings is 1. The molecule has 0 bridgehead atoms. The maximum atomic E-state index is 12.3. The lowest BCUT2D eigenvalue weighted by atomic mass is 10.1. The number of ether oxygens (including phenoxy) is 1. The molecular weight excluding hydrogens is 268 g/mol. The summed E-state index contributed by atoms with van der Waals surface area (Å²) < 4.78 is 5.23. The predicted molar refractivity (Wildman–Crippen MR) is 81.2 cm³/mol. The molecular formula is C16H22N2O3. The second kappa shape index (κ2) is 7.22. The number of hydrogen-bond acceptors (Lipinski definition) is 3. The van der Waals surface area contributed by atoms with Crippen LogP contribution in [0, 0.1) is 0 Å². The third kappa shape index (κ3) is 3.61. The number of anilines is 1. The number of carbonyl (C=O) groups excluding carboxylic acids is 2. The van der Waals surface area contributed by atoms with Crippen LogP contribution in [0.3, 0.4) is 0 Å². The van der Waals surface area contributed by atoms with Crippen molar-refractivity contribution in [3.8, 4) is 0 Å². The van der Waals surface area contributed by atoms with E-state index in [1.807, 2.05) is 31.2 Å². The third-order valence-corrected chi connectivity index (χ3v) is 3.59. The monoisotopic (exact) mass is 290 g/mol. The highest BCUT2D eigenvalue weighted by Crippen LogP contribution is 2.32. The fourth-order valence-electron chi connectivity index (χ4n) is 2.63. The summed E-state index contributed by atoms with van der Waals surface area (Å²) in [6.07, 6.45) is 1.35. The van der Waals surface area contributed by atoms with Gasteiger partial charge in [0.2, 0.25) is 11.8 Å². The SMILES string of the molecule is CCOCCCNC(=O)[C@H]1Cc2ccccc2N1C(C)=O. The van der Waals surface area contributed by atoms with Crippen LogP contribution in [0.5, 0.6) is 0 Å². The molecule has 1 atom stereocenters. The predicted octanol–water partition coefficient (Wildman–Crippen LogP) is 1.51. The number of hydrogen-bond donors (Lipinski definition) is 1. The molecule has 0 saturated heterocycles. The van der Waals surface area contributed by atoms with E-state index in [0.29, 0.717) is 26.2 Å². The van der Waals surface area contributed by atoms with Crippen molar-refractivity contribution in [3.63, 3.8) is 0 Å². The van der Waals surface area contributed by atoms with Crippen molar-refractivity contribution in [2.24, 2.45) is 0 Å². The lowest BCUT2D eigenvalue weighted by Crippen LogP contribution is -2.47. The van der Waals surface area contributed by atoms with E-state index < -0.39 is 6.04 Å². The van der Waals surface area contributed by atoms with Crippen LogP contribution in [0.1, 0.15) is 25.8 Å². The van der Waals surface area contributed by atoms with Crippen LogP contribution < -0.4 is 10.2 Å². The van der Waals surface area contributed by atoms with Crippen LogP contribution in [0.2, 0.25) is 0 Å². The summed E-state index contributed by atoms with van der Waals surface area (Å²) in [6, 6.07) is 7.23. The molecule has 1 aromatic carbocycles. The number of amides is 2. The second-order valence-corrected chi connectivity index (χ2v) is 5.08. The van der Waals surface area contributed by atoms with Crippen molar-refractivity contribution >= 4 is 17.5 Å². The molecule has 114 valence electrons. The fourth-order valence-corrected chi connectivity index (χ4v) is 2.63. The van der Waals surface area contributed by atoms with E-state index in [2.05, 4.69) is 5.32 Å². The summed E-state index contributed by atoms with van der Waals surface area (Å²) >= 11 is 0. The minimum absolute atomic E-state index is 0.0992. The molecule has 1 aliphatic rings. The van der Waals surface area contributed by atoms with E-state index in [9.17, 15) is 9.59 Å². The van der Waals surface area contributed by atoms with Gasteiger partial charge in [0.25, 0.3) is 0 Å². The lowest BCUT2D eigenvalue weighted by molar-refractivity contribution is -0.125. The van der Waals surface area contributed by atoms with Gasteiger partial charge in [-0.1, -0.05) is 18.2 Å². The summed E-state index contributed by atoms with van der Waals surface area (Å²) in [5.41, 5.74) is 1.89. The number of nitrogens with one attached hydrogen (secondary N) is 1. The van der Waals surface area contributed by atoms with Crippen molar-refractivity contribution in [3.05, 3.63) is 29.8 Å². The first-order valence-electron chi connectivity index (χ1n) is 7.38. The van der Waals surface area contributed by atoms with Crippen LogP contribution in [-0.4, -0.2) is 37.6 Å². The molecule has 2 rings (SSSR count). The van der Waals surface area contributed by atoms with Crippen LogP contribution in [0.25, 0.3) is 0 Å². The quantitative estimate of drug-likeness (QED) is 0.808. The molecule has 5 heteroatoms. The Morgan fingerprint density at radius 2 is 2.14 bits per heavy atom. The molecule has 0 spiro atoms. The van der Waals surface area contributed by atoms with Crippen LogP contribution >= 0.6 is 0 Å². The Balaban J connectivity index is 1.97. The van der Waals surface area contributed by atoms with Gasteiger partial charge in [0, 0.05) is 38.8 Å². The molecule has 21 heavy (non-hydrogen) atoms. The average molecular weight is 290 g/mol. The van der Waals surface area contributed by atoms with Crippen molar-refractivity contribution in [2.75, 3.05) is 24.7 Å². The maximum absolute atomic E-state index is 12.3. The highest BCUT2D eigenvalue weighted by molar-refractivity contribution is 6.02. The van der Waals surface area contributed by atoms with E-state index in [4.69, 9.17) is 4.74 Å². The van der Waals surface area contributed by atoms with Gasteiger partial charge in [-0.25, -0.2) is 0 Å². The molecule has 0 aromatic heterocycles. The zero-order chi connectivity index (χ0) is 15.2. The van der Waals surface area contributed by atoms with E-state index in [1.54, 1.807) is 4.90 Å². The molecule has 5 nitrogen and oxygen atoms in total. The van der Waals surface area contributed by atoms with E-state index in [1.165, 1.54) is 6.92 Å². The van der Waals surface area contributed by atoms with Gasteiger partial charge in [0.1, 0.15) is 6.04 Å². The first-order valence-corrected chi connectivity index (χ1v) is 7.38. The normalized spacial score (nSPS) is 16.7. The Hall–Kier alpha value is -1.88. The minimum Gasteiger partial charge on any atom is -0.382 e. The van der Waals surface area contributed by atoms with Crippen LogP contribution in [0.15, 0.2) is 24.3 Å². The molecule has 0 aliphatic carbocycles. The highest BCUT2D eigenvalue weighted by Gasteiger charge is 2.36. The Morgan fingerprint density at radius 3 is 2.86 bits per heavy atom. The van der Waals surface area contributed by atoms with Crippen LogP contribution in [-0.2, 0) is 20.7 Å². The average Bonchev–Trinajstić information content (AvgIpc) is 2.86. The van der Waals surface area contributed by atoms with Gasteiger partial charge in [-0.05, 0) is 25.0 Å².